The van der Waals surface area contributed by atoms with Crippen LogP contribution in [-0.2, 0) is 21.2 Å². The van der Waals surface area contributed by atoms with Crippen LogP contribution in [-0.4, -0.2) is 36.8 Å². The molecule has 27 heavy (non-hydrogen) atoms. The number of hydrogen-bond acceptors (Lipinski definition) is 3. The van der Waals surface area contributed by atoms with Crippen molar-refractivity contribution in [3.8, 4) is 0 Å². The minimum Gasteiger partial charge on any atom is -0.334 e. The van der Waals surface area contributed by atoms with E-state index in [4.69, 9.17) is 11.6 Å². The highest BCUT2D eigenvalue weighted by Crippen LogP contribution is 2.60. The molecule has 4 nitrogen and oxygen atoms in total. The van der Waals surface area contributed by atoms with Gasteiger partial charge in [0.05, 0.1) is 17.4 Å². The first kappa shape index (κ1) is 20.4. The molecular weight excluding hydrogens is 382 g/mol. The quantitative estimate of drug-likeness (QED) is 0.688. The van der Waals surface area contributed by atoms with Crippen LogP contribution in [0.5, 0.6) is 0 Å². The molecule has 3 rings (SSSR count). The van der Waals surface area contributed by atoms with E-state index < -0.39 is 9.84 Å². The maximum atomic E-state index is 13.5. The number of sulfone groups is 1. The highest BCUT2D eigenvalue weighted by atomic mass is 35.5. The van der Waals surface area contributed by atoms with E-state index in [9.17, 15) is 13.2 Å². The molecule has 2 aliphatic rings. The highest BCUT2D eigenvalue weighted by molar-refractivity contribution is 7.91. The molecule has 0 aromatic heterocycles. The summed E-state index contributed by atoms with van der Waals surface area (Å²) in [5, 5.41) is 0.619. The maximum Gasteiger partial charge on any atom is 0.227 e. The van der Waals surface area contributed by atoms with Crippen LogP contribution in [0.4, 0.5) is 0 Å². The zero-order chi connectivity index (χ0) is 20.0. The number of benzene rings is 1. The molecule has 0 N–H and O–H groups in total. The smallest absolute Gasteiger partial charge is 0.227 e. The number of nitrogens with zero attached hydrogens (tertiary/aromatic N) is 1. The second-order valence-corrected chi connectivity index (χ2v) is 11.4. The van der Waals surface area contributed by atoms with Gasteiger partial charge in [0, 0.05) is 17.6 Å². The Hall–Kier alpha value is -1.33. The van der Waals surface area contributed by atoms with E-state index in [0.29, 0.717) is 18.0 Å². The molecule has 1 saturated heterocycles. The zero-order valence-electron chi connectivity index (χ0n) is 16.4. The van der Waals surface area contributed by atoms with Gasteiger partial charge >= 0.3 is 0 Å². The largest absolute Gasteiger partial charge is 0.334 e. The van der Waals surface area contributed by atoms with Gasteiger partial charge in [-0.15, -0.1) is 0 Å². The van der Waals surface area contributed by atoms with Gasteiger partial charge in [-0.2, -0.15) is 0 Å². The van der Waals surface area contributed by atoms with Gasteiger partial charge in [0.2, 0.25) is 5.91 Å². The second-order valence-electron chi connectivity index (χ2n) is 8.72. The van der Waals surface area contributed by atoms with Gasteiger partial charge < -0.3 is 4.90 Å². The normalized spacial score (nSPS) is 27.8. The van der Waals surface area contributed by atoms with Crippen LogP contribution in [0.3, 0.4) is 0 Å². The minimum atomic E-state index is -3.07. The molecule has 3 unspecified atom stereocenters. The predicted octanol–water partition coefficient (Wildman–Crippen LogP) is 4.09. The van der Waals surface area contributed by atoms with Crippen molar-refractivity contribution in [2.75, 3.05) is 11.5 Å². The molecular formula is C21H28ClNO3S. The monoisotopic (exact) mass is 409 g/mol. The lowest BCUT2D eigenvalue weighted by molar-refractivity contribution is -0.136. The van der Waals surface area contributed by atoms with Crippen LogP contribution in [0.15, 0.2) is 35.9 Å². The van der Waals surface area contributed by atoms with E-state index in [1.165, 1.54) is 5.57 Å². The van der Waals surface area contributed by atoms with E-state index in [2.05, 4.69) is 19.9 Å². The van der Waals surface area contributed by atoms with Crippen molar-refractivity contribution in [3.63, 3.8) is 0 Å². The molecule has 1 aromatic carbocycles. The predicted molar refractivity (Wildman–Crippen MR) is 109 cm³/mol. The van der Waals surface area contributed by atoms with Gasteiger partial charge in [-0.1, -0.05) is 49.2 Å². The Kier molecular flexibility index (Phi) is 5.48. The first-order chi connectivity index (χ1) is 12.5. The van der Waals surface area contributed by atoms with Crippen molar-refractivity contribution in [2.45, 2.75) is 46.7 Å². The molecule has 1 aromatic rings. The fourth-order valence-corrected chi connectivity index (χ4v) is 6.18. The summed E-state index contributed by atoms with van der Waals surface area (Å²) in [5.41, 5.74) is 2.03. The van der Waals surface area contributed by atoms with Crippen LogP contribution in [0, 0.1) is 17.3 Å². The second kappa shape index (κ2) is 7.25. The molecule has 1 saturated carbocycles. The van der Waals surface area contributed by atoms with E-state index >= 15 is 0 Å². The molecule has 0 radical (unpaired) electrons. The molecule has 1 aliphatic carbocycles. The van der Waals surface area contributed by atoms with E-state index in [0.717, 1.165) is 5.56 Å². The molecule has 1 amide bonds. The molecule has 1 aliphatic heterocycles. The van der Waals surface area contributed by atoms with Crippen molar-refractivity contribution < 1.29 is 13.2 Å². The fraction of sp³-hybridized carbons (Fsp3) is 0.571. The van der Waals surface area contributed by atoms with Crippen LogP contribution in [0.25, 0.3) is 0 Å². The number of allylic oxidation sites excluding steroid dienone is 2. The van der Waals surface area contributed by atoms with Gasteiger partial charge in [-0.3, -0.25) is 4.79 Å². The number of rotatable bonds is 5. The first-order valence-electron chi connectivity index (χ1n) is 9.41. The summed E-state index contributed by atoms with van der Waals surface area (Å²) in [6.07, 6.45) is 2.68. The zero-order valence-corrected chi connectivity index (χ0v) is 18.0. The Morgan fingerprint density at radius 1 is 1.33 bits per heavy atom. The number of carbonyl (C=O) groups excluding carboxylic acids is 1. The number of carbonyl (C=O) groups is 1. The first-order valence-corrected chi connectivity index (χ1v) is 11.6. The van der Waals surface area contributed by atoms with Crippen LogP contribution >= 0.6 is 11.6 Å². The van der Waals surface area contributed by atoms with Crippen molar-refractivity contribution in [2.24, 2.45) is 17.3 Å². The van der Waals surface area contributed by atoms with Crippen LogP contribution in [0.1, 0.15) is 39.7 Å². The lowest BCUT2D eigenvalue weighted by Gasteiger charge is -2.29. The van der Waals surface area contributed by atoms with E-state index in [1.807, 2.05) is 32.0 Å². The average Bonchev–Trinajstić information content (AvgIpc) is 2.88. The summed E-state index contributed by atoms with van der Waals surface area (Å²) < 4.78 is 24.1. The number of halogens is 1. The van der Waals surface area contributed by atoms with Crippen molar-refractivity contribution in [1.29, 1.82) is 0 Å². The third-order valence-electron chi connectivity index (χ3n) is 5.86. The number of amides is 1. The Bertz CT molecular complexity index is 871. The van der Waals surface area contributed by atoms with E-state index in [-0.39, 0.29) is 40.7 Å². The molecule has 6 heteroatoms. The van der Waals surface area contributed by atoms with Gasteiger partial charge in [-0.05, 0) is 49.3 Å². The minimum absolute atomic E-state index is 0.0553. The van der Waals surface area contributed by atoms with Crippen molar-refractivity contribution >= 4 is 27.3 Å². The van der Waals surface area contributed by atoms with Gasteiger partial charge in [0.15, 0.2) is 9.84 Å². The standard InChI is InChI=1S/C21H28ClNO3S/c1-14(2)10-18-19(21(18,3)4)20(24)23(17-8-9-27(25,26)13-17)12-15-6-5-7-16(22)11-15/h5-7,10-11,17-19H,8-9,12-13H2,1-4H3. The van der Waals surface area contributed by atoms with Crippen molar-refractivity contribution in [1.82, 2.24) is 4.90 Å². The van der Waals surface area contributed by atoms with Crippen LogP contribution in [0.2, 0.25) is 5.02 Å². The van der Waals surface area contributed by atoms with Gasteiger partial charge in [0.1, 0.15) is 0 Å². The fourth-order valence-electron chi connectivity index (χ4n) is 4.24. The summed E-state index contributed by atoms with van der Waals surface area (Å²) in [5.74, 6) is 0.372. The number of hydrogen-bond donors (Lipinski definition) is 0. The topological polar surface area (TPSA) is 54.5 Å². The van der Waals surface area contributed by atoms with Gasteiger partial charge in [-0.25, -0.2) is 8.42 Å². The molecule has 1 heterocycles. The Morgan fingerprint density at radius 2 is 2.04 bits per heavy atom. The molecule has 0 spiro atoms. The third-order valence-corrected chi connectivity index (χ3v) is 7.85. The molecule has 3 atom stereocenters. The SMILES string of the molecule is CC(C)=CC1C(C(=O)N(Cc2cccc(Cl)c2)C2CCS(=O)(=O)C2)C1(C)C. The Balaban J connectivity index is 1.88. The van der Waals surface area contributed by atoms with Gasteiger partial charge in [0.25, 0.3) is 0 Å². The molecule has 148 valence electrons. The van der Waals surface area contributed by atoms with E-state index in [1.54, 1.807) is 11.0 Å². The Morgan fingerprint density at radius 3 is 2.59 bits per heavy atom. The highest BCUT2D eigenvalue weighted by Gasteiger charge is 2.61. The lowest BCUT2D eigenvalue weighted by atomic mass is 10.1. The molecule has 2 fully saturated rings. The summed E-state index contributed by atoms with van der Waals surface area (Å²) in [6, 6.07) is 7.17. The summed E-state index contributed by atoms with van der Waals surface area (Å²) in [7, 11) is -3.07. The van der Waals surface area contributed by atoms with Crippen LogP contribution < -0.4 is 0 Å². The average molecular weight is 410 g/mol. The maximum absolute atomic E-state index is 13.5. The van der Waals surface area contributed by atoms with Crippen molar-refractivity contribution in [3.05, 3.63) is 46.5 Å². The summed E-state index contributed by atoms with van der Waals surface area (Å²) in [4.78, 5) is 15.3. The summed E-state index contributed by atoms with van der Waals surface area (Å²) >= 11 is 6.11. The Labute approximate surface area is 167 Å². The molecule has 0 bridgehead atoms. The third kappa shape index (κ3) is 4.40. The summed E-state index contributed by atoms with van der Waals surface area (Å²) in [6.45, 7) is 8.71. The lowest BCUT2D eigenvalue weighted by Crippen LogP contribution is -2.42.